The summed E-state index contributed by atoms with van der Waals surface area (Å²) >= 11 is 0. The van der Waals surface area contributed by atoms with Gasteiger partial charge in [-0.1, -0.05) is 0 Å². The third-order valence-electron chi connectivity index (χ3n) is 18.6. The van der Waals surface area contributed by atoms with E-state index in [0.29, 0.717) is 94.3 Å². The molecule has 0 saturated carbocycles. The van der Waals surface area contributed by atoms with Gasteiger partial charge in [0, 0.05) is 117 Å². The third-order valence-corrected chi connectivity index (χ3v) is 18.6. The van der Waals surface area contributed by atoms with Crippen LogP contribution < -0.4 is 79.6 Å². The smallest absolute Gasteiger partial charge is 0.341 e. The summed E-state index contributed by atoms with van der Waals surface area (Å²) in [7, 11) is 0. The molecule has 9 heterocycles. The molecule has 0 spiro atoms. The first kappa shape index (κ1) is 67.5. The number of nitrogens with zero attached hydrogens (tertiary/aromatic N) is 16. The summed E-state index contributed by atoms with van der Waals surface area (Å²) in [4.78, 5) is 115. The van der Waals surface area contributed by atoms with Crippen molar-refractivity contribution in [1.29, 1.82) is 0 Å². The van der Waals surface area contributed by atoms with E-state index in [2.05, 4.69) is 34.9 Å². The number of halogens is 2. The number of ether oxygens (including phenoxy) is 3. The lowest BCUT2D eigenvalue weighted by Gasteiger charge is -2.38. The number of anilines is 3. The molecule has 3 fully saturated rings. The van der Waals surface area contributed by atoms with Gasteiger partial charge in [0.05, 0.1) is 76.2 Å². The van der Waals surface area contributed by atoms with Crippen LogP contribution in [0.2, 0.25) is 0 Å². The Kier molecular flexibility index (Phi) is 18.8. The minimum absolute atomic E-state index is 0.0695. The van der Waals surface area contributed by atoms with Gasteiger partial charge in [0.2, 0.25) is 34.2 Å². The number of benzene rings is 3. The van der Waals surface area contributed by atoms with E-state index in [9.17, 15) is 44.1 Å². The van der Waals surface area contributed by atoms with Crippen LogP contribution in [0.5, 0.6) is 17.2 Å². The SMILES string of the molecule is CC1COc2c(N3CCN(/C(N)=N\C(N)=NCCN(CCN=C(N)/N=C(\N)N4CCN(c5c(F)cc6c(=O)c(C(=O)O)cn7c6c5OCC7C)CC4)CCN=C(N)/N=C(\N)N4CCN(c5c(F)cc6c(=O)c(C(=O)O)cn7c6c5OCC7C)CC4)CC3)ccc3c(=O)c(C(=O)O)cn1c23. The first-order valence-electron chi connectivity index (χ1n) is 32.1. The van der Waals surface area contributed by atoms with Crippen molar-refractivity contribution in [2.24, 2.45) is 64.4 Å². The highest BCUT2D eigenvalue weighted by molar-refractivity contribution is 6.01. The number of guanidine groups is 6. The third kappa shape index (κ3) is 13.2. The van der Waals surface area contributed by atoms with Gasteiger partial charge in [-0.2, -0.15) is 15.0 Å². The van der Waals surface area contributed by atoms with Crippen molar-refractivity contribution < 1.29 is 52.7 Å². The number of piperazine rings is 3. The zero-order valence-corrected chi connectivity index (χ0v) is 54.5. The summed E-state index contributed by atoms with van der Waals surface area (Å²) in [5.74, 6) is -4.78. The second-order valence-electron chi connectivity index (χ2n) is 24.8. The summed E-state index contributed by atoms with van der Waals surface area (Å²) in [6.45, 7) is 11.6. The lowest BCUT2D eigenvalue weighted by molar-refractivity contribution is 0.0683. The van der Waals surface area contributed by atoms with E-state index in [1.165, 1.54) is 18.6 Å². The van der Waals surface area contributed by atoms with Gasteiger partial charge in [0.15, 0.2) is 46.8 Å². The molecule has 99 heavy (non-hydrogen) atoms. The molecule has 0 radical (unpaired) electrons. The molecular weight excluding hydrogens is 1290 g/mol. The molecular formula is C63H76F2N22O12. The molecule has 6 aromatic rings. The van der Waals surface area contributed by atoms with Crippen molar-refractivity contribution in [3.05, 3.63) is 102 Å². The molecule has 6 aliphatic rings. The van der Waals surface area contributed by atoms with Crippen LogP contribution in [0.3, 0.4) is 0 Å². The molecule has 524 valence electrons. The Bertz CT molecular complexity index is 4470. The number of hydrogen-bond donors (Lipinski definition) is 9. The lowest BCUT2D eigenvalue weighted by atomic mass is 10.1. The fraction of sp³-hybridized carbons (Fsp3) is 0.429. The largest absolute Gasteiger partial charge is 0.487 e. The second-order valence-corrected chi connectivity index (χ2v) is 24.8. The minimum Gasteiger partial charge on any atom is -0.487 e. The zero-order chi connectivity index (χ0) is 70.4. The van der Waals surface area contributed by atoms with Crippen LogP contribution in [0.15, 0.2) is 87.2 Å². The Balaban J connectivity index is 0.691. The molecule has 3 aromatic carbocycles. The highest BCUT2D eigenvalue weighted by Gasteiger charge is 2.36. The molecule has 0 amide bonds. The van der Waals surface area contributed by atoms with Crippen molar-refractivity contribution in [3.8, 4) is 17.2 Å². The topological polar surface area (TPSA) is 459 Å². The molecule has 3 atom stereocenters. The number of rotatable bonds is 15. The maximum Gasteiger partial charge on any atom is 0.341 e. The number of carboxylic acids is 3. The Hall–Kier alpha value is -11.5. The van der Waals surface area contributed by atoms with Gasteiger partial charge in [0.25, 0.3) is 0 Å². The zero-order valence-electron chi connectivity index (χ0n) is 54.5. The van der Waals surface area contributed by atoms with Crippen molar-refractivity contribution in [3.63, 3.8) is 0 Å². The molecule has 3 saturated heterocycles. The van der Waals surface area contributed by atoms with Crippen LogP contribution in [0, 0.1) is 11.6 Å². The average Bonchev–Trinajstić information content (AvgIpc) is 0.744. The molecule has 15 N–H and O–H groups in total. The Morgan fingerprint density at radius 3 is 1.13 bits per heavy atom. The number of pyridine rings is 3. The number of carboxylic acid groups (broad SMARTS) is 3. The monoisotopic (exact) mass is 1370 g/mol. The van der Waals surface area contributed by atoms with E-state index in [1.807, 2.05) is 30.6 Å². The van der Waals surface area contributed by atoms with E-state index < -0.39 is 57.0 Å². The molecule has 3 unspecified atom stereocenters. The fourth-order valence-electron chi connectivity index (χ4n) is 13.3. The van der Waals surface area contributed by atoms with E-state index in [1.54, 1.807) is 45.4 Å². The van der Waals surface area contributed by atoms with Gasteiger partial charge in [-0.3, -0.25) is 34.3 Å². The van der Waals surface area contributed by atoms with Crippen molar-refractivity contribution in [2.75, 3.05) is 152 Å². The predicted molar refractivity (Wildman–Crippen MR) is 368 cm³/mol. The van der Waals surface area contributed by atoms with Crippen LogP contribution in [-0.4, -0.2) is 240 Å². The summed E-state index contributed by atoms with van der Waals surface area (Å²) < 4.78 is 55.4. The fourth-order valence-corrected chi connectivity index (χ4v) is 13.3. The standard InChI is InChI=1S/C63H76F2N22O12/c1-32-29-97-52-43(5-4-35-44(52)85(32)26-38(49(35)88)55(91)92)79-12-18-82(19-13-79)61(69)75-58(66)72-6-9-78(10-7-73-59(67)76-62(70)83-20-14-80(15-21-83)47-41(64)24-36-45-53(47)98-30-33(2)86(45)27-39(50(36)89)56(93)94)11-8-74-60(68)77-63(71)84-22-16-81(17-23-84)48-42(65)25-37-46-54(48)99-31-34(3)87(46)28-40(51(37)90)57(95)96/h4-5,24-28,32-34H,6-23,29-31H2,1-3H3,(H,91,92)(H,93,94)(H,95,96)(H4,66,69,72,75)(H4,67,70,73,76)(H4,68,71,74,77). The predicted octanol–water partition coefficient (Wildman–Crippen LogP) is -0.179. The molecule has 6 aliphatic heterocycles. The van der Waals surface area contributed by atoms with E-state index in [4.69, 9.17) is 48.6 Å². The van der Waals surface area contributed by atoms with Gasteiger partial charge in [0.1, 0.15) is 47.9 Å². The summed E-state index contributed by atoms with van der Waals surface area (Å²) in [6.07, 6.45) is 3.92. The van der Waals surface area contributed by atoms with Crippen LogP contribution >= 0.6 is 0 Å². The molecule has 34 nitrogen and oxygen atoms in total. The first-order chi connectivity index (χ1) is 47.4. The van der Waals surface area contributed by atoms with Gasteiger partial charge in [-0.15, -0.1) is 0 Å². The average molecular weight is 1370 g/mol. The number of nitrogens with two attached hydrogens (primary N) is 6. The van der Waals surface area contributed by atoms with Crippen molar-refractivity contribution in [2.45, 2.75) is 38.9 Å². The number of hydrogen-bond acceptors (Lipinski definition) is 16. The highest BCUT2D eigenvalue weighted by Crippen LogP contribution is 2.45. The normalized spacial score (nSPS) is 19.5. The lowest BCUT2D eigenvalue weighted by Crippen LogP contribution is -2.52. The van der Waals surface area contributed by atoms with Crippen molar-refractivity contribution in [1.82, 2.24) is 33.3 Å². The van der Waals surface area contributed by atoms with Gasteiger partial charge < -0.3 is 107 Å². The van der Waals surface area contributed by atoms with Crippen LogP contribution in [0.25, 0.3) is 32.7 Å². The quantitative estimate of drug-likeness (QED) is 0.0476. The molecule has 3 aromatic heterocycles. The number of aliphatic imine (C=N–C) groups is 6. The summed E-state index contributed by atoms with van der Waals surface area (Å²) in [5.41, 5.74) is 37.3. The number of aromatic nitrogens is 3. The van der Waals surface area contributed by atoms with Crippen LogP contribution in [-0.2, 0) is 0 Å². The van der Waals surface area contributed by atoms with Crippen LogP contribution in [0.4, 0.5) is 25.8 Å². The number of aromatic carboxylic acids is 3. The number of carbonyl (C=O) groups is 3. The Morgan fingerprint density at radius 1 is 0.475 bits per heavy atom. The molecule has 0 aliphatic carbocycles. The maximum atomic E-state index is 16.0. The van der Waals surface area contributed by atoms with E-state index >= 15 is 8.78 Å². The Morgan fingerprint density at radius 2 is 0.788 bits per heavy atom. The summed E-state index contributed by atoms with van der Waals surface area (Å²) in [5, 5.41) is 29.2. The maximum absolute atomic E-state index is 16.0. The second kappa shape index (κ2) is 27.6. The van der Waals surface area contributed by atoms with Gasteiger partial charge >= 0.3 is 17.9 Å². The molecule has 0 bridgehead atoms. The molecule has 36 heteroatoms. The van der Waals surface area contributed by atoms with E-state index in [0.717, 1.165) is 17.8 Å². The van der Waals surface area contributed by atoms with Crippen molar-refractivity contribution >= 4 is 103 Å². The highest BCUT2D eigenvalue weighted by atomic mass is 19.1. The Labute approximate surface area is 562 Å². The minimum atomic E-state index is -1.41. The van der Waals surface area contributed by atoms with Gasteiger partial charge in [-0.25, -0.2) is 23.2 Å². The molecule has 12 rings (SSSR count). The summed E-state index contributed by atoms with van der Waals surface area (Å²) in [6, 6.07) is 4.66. The van der Waals surface area contributed by atoms with E-state index in [-0.39, 0.29) is 164 Å². The first-order valence-corrected chi connectivity index (χ1v) is 32.1. The van der Waals surface area contributed by atoms with Gasteiger partial charge in [-0.05, 0) is 45.0 Å². The van der Waals surface area contributed by atoms with Crippen LogP contribution in [0.1, 0.15) is 70.0 Å².